The van der Waals surface area contributed by atoms with Crippen LogP contribution >= 0.6 is 23.2 Å². The van der Waals surface area contributed by atoms with Crippen molar-refractivity contribution in [3.63, 3.8) is 0 Å². The number of ether oxygens (including phenoxy) is 2. The number of carbonyl (C=O) groups is 2. The van der Waals surface area contributed by atoms with Gasteiger partial charge in [-0.3, -0.25) is 9.59 Å². The van der Waals surface area contributed by atoms with Gasteiger partial charge in [0.25, 0.3) is 0 Å². The molecule has 0 radical (unpaired) electrons. The zero-order valence-electron chi connectivity index (χ0n) is 17.7. The first-order valence-electron chi connectivity index (χ1n) is 10.00. The summed E-state index contributed by atoms with van der Waals surface area (Å²) in [7, 11) is 0. The van der Waals surface area contributed by atoms with Crippen molar-refractivity contribution < 1.29 is 19.1 Å². The number of benzene rings is 3. The highest BCUT2D eigenvalue weighted by atomic mass is 35.5. The summed E-state index contributed by atoms with van der Waals surface area (Å²) in [5.74, 6) is -0.752. The molecular weight excluding hydrogens is 465 g/mol. The normalized spacial score (nSPS) is 10.6. The molecule has 170 valence electrons. The van der Waals surface area contributed by atoms with E-state index in [9.17, 15) is 9.59 Å². The number of amides is 2. The van der Waals surface area contributed by atoms with E-state index in [1.54, 1.807) is 66.7 Å². The largest absolute Gasteiger partial charge is 0.492 e. The fourth-order valence-electron chi connectivity index (χ4n) is 2.76. The van der Waals surface area contributed by atoms with E-state index >= 15 is 0 Å². The highest BCUT2D eigenvalue weighted by Crippen LogP contribution is 2.26. The monoisotopic (exact) mass is 485 g/mol. The number of hydrogen-bond donors (Lipinski definition) is 2. The Kier molecular flexibility index (Phi) is 8.69. The Labute approximate surface area is 201 Å². The molecule has 0 fully saturated rings. The molecule has 3 rings (SSSR count). The quantitative estimate of drug-likeness (QED) is 0.265. The Balaban J connectivity index is 1.56. The molecule has 0 aliphatic heterocycles. The lowest BCUT2D eigenvalue weighted by atomic mass is 10.2. The number of hydrogen-bond acceptors (Lipinski definition) is 5. The van der Waals surface area contributed by atoms with Crippen molar-refractivity contribution in [1.82, 2.24) is 5.43 Å². The van der Waals surface area contributed by atoms with E-state index in [0.29, 0.717) is 45.0 Å². The molecule has 2 amide bonds. The Morgan fingerprint density at radius 3 is 2.42 bits per heavy atom. The molecule has 0 aliphatic carbocycles. The van der Waals surface area contributed by atoms with Gasteiger partial charge >= 0.3 is 11.8 Å². The zero-order chi connectivity index (χ0) is 23.6. The number of nitrogens with one attached hydrogen (secondary N) is 2. The van der Waals surface area contributed by atoms with Crippen LogP contribution < -0.4 is 20.2 Å². The van der Waals surface area contributed by atoms with E-state index in [1.165, 1.54) is 6.21 Å². The number of halogens is 2. The van der Waals surface area contributed by atoms with Gasteiger partial charge in [-0.15, -0.1) is 0 Å². The van der Waals surface area contributed by atoms with Gasteiger partial charge in [0.1, 0.15) is 18.1 Å². The topological polar surface area (TPSA) is 89.0 Å². The third kappa shape index (κ3) is 6.97. The molecule has 3 aromatic rings. The van der Waals surface area contributed by atoms with Crippen molar-refractivity contribution in [3.8, 4) is 11.5 Å². The van der Waals surface area contributed by atoms with Crippen LogP contribution in [0.15, 0.2) is 71.8 Å². The van der Waals surface area contributed by atoms with Crippen LogP contribution in [0.25, 0.3) is 0 Å². The Hall–Kier alpha value is -3.55. The van der Waals surface area contributed by atoms with Crippen molar-refractivity contribution in [1.29, 1.82) is 0 Å². The second-order valence-electron chi connectivity index (χ2n) is 6.64. The number of hydrazone groups is 1. The van der Waals surface area contributed by atoms with Gasteiger partial charge < -0.3 is 14.8 Å². The van der Waals surface area contributed by atoms with Gasteiger partial charge in [-0.25, -0.2) is 5.43 Å². The molecule has 0 spiro atoms. The van der Waals surface area contributed by atoms with E-state index in [-0.39, 0.29) is 6.61 Å². The minimum absolute atomic E-state index is 0.194. The zero-order valence-corrected chi connectivity index (χ0v) is 19.2. The Bertz CT molecular complexity index is 1150. The van der Waals surface area contributed by atoms with E-state index < -0.39 is 11.8 Å². The molecule has 0 bridgehead atoms. The van der Waals surface area contributed by atoms with Crippen LogP contribution in [0.1, 0.15) is 18.1 Å². The second-order valence-corrected chi connectivity index (χ2v) is 7.46. The molecule has 0 unspecified atom stereocenters. The van der Waals surface area contributed by atoms with Crippen molar-refractivity contribution in [2.75, 3.05) is 11.9 Å². The van der Waals surface area contributed by atoms with Crippen LogP contribution in [-0.4, -0.2) is 24.6 Å². The number of carbonyl (C=O) groups excluding carboxylic acids is 2. The van der Waals surface area contributed by atoms with Gasteiger partial charge in [-0.1, -0.05) is 53.5 Å². The first-order chi connectivity index (χ1) is 16.0. The minimum Gasteiger partial charge on any atom is -0.492 e. The molecule has 0 aromatic heterocycles. The Morgan fingerprint density at radius 1 is 0.939 bits per heavy atom. The van der Waals surface area contributed by atoms with E-state index in [0.717, 1.165) is 0 Å². The standard InChI is InChI=1S/C24H21Cl2N3O4/c1-2-32-22-12-4-3-11-21(22)28-23(30)24(31)29-27-14-16-7-5-8-17(13-16)33-15-18-19(25)9-6-10-20(18)26/h3-14H,2,15H2,1H3,(H,28,30)(H,29,31)/b27-14-. The molecular formula is C24H21Cl2N3O4. The number of rotatable bonds is 8. The average molecular weight is 486 g/mol. The van der Waals surface area contributed by atoms with Gasteiger partial charge in [0, 0.05) is 15.6 Å². The lowest BCUT2D eigenvalue weighted by molar-refractivity contribution is -0.136. The van der Waals surface area contributed by atoms with Crippen LogP contribution in [0.2, 0.25) is 10.0 Å². The highest BCUT2D eigenvalue weighted by Gasteiger charge is 2.15. The van der Waals surface area contributed by atoms with Crippen molar-refractivity contribution in [2.24, 2.45) is 5.10 Å². The van der Waals surface area contributed by atoms with Gasteiger partial charge in [-0.2, -0.15) is 5.10 Å². The van der Waals surface area contributed by atoms with E-state index in [4.69, 9.17) is 32.7 Å². The molecule has 0 saturated carbocycles. The molecule has 33 heavy (non-hydrogen) atoms. The van der Waals surface area contributed by atoms with Gasteiger partial charge in [0.15, 0.2) is 0 Å². The van der Waals surface area contributed by atoms with Crippen LogP contribution in [0.5, 0.6) is 11.5 Å². The summed E-state index contributed by atoms with van der Waals surface area (Å²) in [5, 5.41) is 7.38. The fraction of sp³-hybridized carbons (Fsp3) is 0.125. The third-order valence-electron chi connectivity index (χ3n) is 4.32. The van der Waals surface area contributed by atoms with Crippen molar-refractivity contribution in [2.45, 2.75) is 13.5 Å². The molecule has 9 heteroatoms. The summed E-state index contributed by atoms with van der Waals surface area (Å²) in [6, 6.07) is 19.1. The van der Waals surface area contributed by atoms with Crippen LogP contribution in [-0.2, 0) is 16.2 Å². The van der Waals surface area contributed by atoms with Gasteiger partial charge in [0.2, 0.25) is 0 Å². The summed E-state index contributed by atoms with van der Waals surface area (Å²) >= 11 is 12.3. The second kappa shape index (κ2) is 11.9. The van der Waals surface area contributed by atoms with Crippen molar-refractivity contribution in [3.05, 3.63) is 87.9 Å². The molecule has 0 aliphatic rings. The number of para-hydroxylation sites is 2. The molecule has 0 heterocycles. The molecule has 2 N–H and O–H groups in total. The summed E-state index contributed by atoms with van der Waals surface area (Å²) in [4.78, 5) is 24.2. The summed E-state index contributed by atoms with van der Waals surface area (Å²) in [5.41, 5.74) is 3.93. The maximum atomic E-state index is 12.1. The minimum atomic E-state index is -0.918. The smallest absolute Gasteiger partial charge is 0.329 e. The predicted octanol–water partition coefficient (Wildman–Crippen LogP) is 5.06. The number of nitrogens with zero attached hydrogens (tertiary/aromatic N) is 1. The first-order valence-corrected chi connectivity index (χ1v) is 10.8. The lowest BCUT2D eigenvalue weighted by Crippen LogP contribution is -2.32. The lowest BCUT2D eigenvalue weighted by Gasteiger charge is -2.10. The van der Waals surface area contributed by atoms with Gasteiger partial charge in [-0.05, 0) is 48.9 Å². The first kappa shape index (κ1) is 24.1. The van der Waals surface area contributed by atoms with Gasteiger partial charge in [0.05, 0.1) is 18.5 Å². The SMILES string of the molecule is CCOc1ccccc1NC(=O)C(=O)N/N=C\c1cccc(OCc2c(Cl)cccc2Cl)c1. The van der Waals surface area contributed by atoms with E-state index in [1.807, 2.05) is 6.92 Å². The fourth-order valence-corrected chi connectivity index (χ4v) is 3.26. The third-order valence-corrected chi connectivity index (χ3v) is 5.03. The van der Waals surface area contributed by atoms with Crippen LogP contribution in [0, 0.1) is 0 Å². The van der Waals surface area contributed by atoms with Crippen LogP contribution in [0.3, 0.4) is 0 Å². The maximum absolute atomic E-state index is 12.1. The summed E-state index contributed by atoms with van der Waals surface area (Å²) in [6.45, 7) is 2.45. The Morgan fingerprint density at radius 2 is 1.67 bits per heavy atom. The van der Waals surface area contributed by atoms with Crippen molar-refractivity contribution >= 4 is 46.9 Å². The molecule has 0 saturated heterocycles. The summed E-state index contributed by atoms with van der Waals surface area (Å²) < 4.78 is 11.2. The van der Waals surface area contributed by atoms with E-state index in [2.05, 4.69) is 15.8 Å². The predicted molar refractivity (Wildman–Crippen MR) is 129 cm³/mol. The molecule has 7 nitrogen and oxygen atoms in total. The maximum Gasteiger partial charge on any atom is 0.329 e. The van der Waals surface area contributed by atoms with Crippen LogP contribution in [0.4, 0.5) is 5.69 Å². The molecule has 3 aromatic carbocycles. The summed E-state index contributed by atoms with van der Waals surface area (Å²) in [6.07, 6.45) is 1.40. The highest BCUT2D eigenvalue weighted by molar-refractivity contribution is 6.39. The number of anilines is 1. The molecule has 0 atom stereocenters. The average Bonchev–Trinajstić information content (AvgIpc) is 2.80.